The SMILES string of the molecule is CC1CN=Cc2cc(N)ccc21. The Hall–Kier alpha value is -1.31. The first-order chi connectivity index (χ1) is 5.77. The van der Waals surface area contributed by atoms with E-state index >= 15 is 0 Å². The van der Waals surface area contributed by atoms with Crippen LogP contribution in [-0.4, -0.2) is 12.8 Å². The summed E-state index contributed by atoms with van der Waals surface area (Å²) in [5.74, 6) is 0.533. The lowest BCUT2D eigenvalue weighted by Gasteiger charge is -2.16. The maximum absolute atomic E-state index is 5.67. The molecule has 2 N–H and O–H groups in total. The maximum atomic E-state index is 5.67. The Balaban J connectivity index is 2.55. The maximum Gasteiger partial charge on any atom is 0.0455 e. The molecule has 1 aliphatic rings. The van der Waals surface area contributed by atoms with Crippen molar-refractivity contribution in [3.63, 3.8) is 0 Å². The number of hydrogen-bond donors (Lipinski definition) is 1. The highest BCUT2D eigenvalue weighted by molar-refractivity contribution is 5.84. The fraction of sp³-hybridized carbons (Fsp3) is 0.300. The summed E-state index contributed by atoms with van der Waals surface area (Å²) in [5.41, 5.74) is 9.01. The van der Waals surface area contributed by atoms with Crippen LogP contribution in [0.25, 0.3) is 0 Å². The van der Waals surface area contributed by atoms with Gasteiger partial charge >= 0.3 is 0 Å². The van der Waals surface area contributed by atoms with Crippen molar-refractivity contribution in [2.24, 2.45) is 4.99 Å². The van der Waals surface area contributed by atoms with E-state index in [1.165, 1.54) is 11.1 Å². The largest absolute Gasteiger partial charge is 0.399 e. The van der Waals surface area contributed by atoms with Crippen molar-refractivity contribution >= 4 is 11.9 Å². The fourth-order valence-electron chi connectivity index (χ4n) is 1.56. The van der Waals surface area contributed by atoms with Crippen molar-refractivity contribution in [1.29, 1.82) is 0 Å². The summed E-state index contributed by atoms with van der Waals surface area (Å²) in [6.45, 7) is 3.09. The molecule has 0 saturated carbocycles. The highest BCUT2D eigenvalue weighted by atomic mass is 14.7. The molecule has 0 radical (unpaired) electrons. The Kier molecular flexibility index (Phi) is 1.61. The predicted molar refractivity (Wildman–Crippen MR) is 51.7 cm³/mol. The van der Waals surface area contributed by atoms with Gasteiger partial charge in [-0.1, -0.05) is 13.0 Å². The Morgan fingerprint density at radius 2 is 2.33 bits per heavy atom. The molecule has 0 aromatic heterocycles. The van der Waals surface area contributed by atoms with Crippen LogP contribution in [0, 0.1) is 0 Å². The van der Waals surface area contributed by atoms with Gasteiger partial charge in [-0.25, -0.2) is 0 Å². The van der Waals surface area contributed by atoms with Gasteiger partial charge in [0.05, 0.1) is 0 Å². The summed E-state index contributed by atoms with van der Waals surface area (Å²) in [6, 6.07) is 6.03. The number of nitrogens with zero attached hydrogens (tertiary/aromatic N) is 1. The van der Waals surface area contributed by atoms with Crippen molar-refractivity contribution < 1.29 is 0 Å². The first-order valence-corrected chi connectivity index (χ1v) is 4.16. The van der Waals surface area contributed by atoms with Crippen LogP contribution in [0.2, 0.25) is 0 Å². The van der Waals surface area contributed by atoms with E-state index in [0.29, 0.717) is 5.92 Å². The van der Waals surface area contributed by atoms with Gasteiger partial charge in [-0.05, 0) is 23.3 Å². The molecule has 0 fully saturated rings. The summed E-state index contributed by atoms with van der Waals surface area (Å²) >= 11 is 0. The minimum absolute atomic E-state index is 0.533. The molecular weight excluding hydrogens is 148 g/mol. The van der Waals surface area contributed by atoms with Gasteiger partial charge in [0.1, 0.15) is 0 Å². The third-order valence-corrected chi connectivity index (χ3v) is 2.25. The molecule has 2 heteroatoms. The quantitative estimate of drug-likeness (QED) is 0.577. The Labute approximate surface area is 72.1 Å². The van der Waals surface area contributed by atoms with E-state index < -0.39 is 0 Å². The minimum Gasteiger partial charge on any atom is -0.399 e. The van der Waals surface area contributed by atoms with Crippen LogP contribution in [-0.2, 0) is 0 Å². The average Bonchev–Trinajstić information content (AvgIpc) is 2.04. The summed E-state index contributed by atoms with van der Waals surface area (Å²) in [5, 5.41) is 0. The summed E-state index contributed by atoms with van der Waals surface area (Å²) in [4.78, 5) is 4.26. The molecule has 0 amide bonds. The molecule has 0 aliphatic carbocycles. The van der Waals surface area contributed by atoms with Crippen molar-refractivity contribution in [2.45, 2.75) is 12.8 Å². The van der Waals surface area contributed by atoms with Crippen molar-refractivity contribution in [2.75, 3.05) is 12.3 Å². The number of fused-ring (bicyclic) bond motifs is 1. The molecule has 2 nitrogen and oxygen atoms in total. The molecule has 12 heavy (non-hydrogen) atoms. The van der Waals surface area contributed by atoms with E-state index in [1.807, 2.05) is 18.3 Å². The topological polar surface area (TPSA) is 38.4 Å². The third-order valence-electron chi connectivity index (χ3n) is 2.25. The summed E-state index contributed by atoms with van der Waals surface area (Å²) < 4.78 is 0. The molecule has 1 aliphatic heterocycles. The van der Waals surface area contributed by atoms with E-state index in [4.69, 9.17) is 5.73 Å². The van der Waals surface area contributed by atoms with Gasteiger partial charge in [-0.2, -0.15) is 0 Å². The number of aliphatic imine (C=N–C) groups is 1. The Morgan fingerprint density at radius 1 is 1.50 bits per heavy atom. The van der Waals surface area contributed by atoms with Crippen LogP contribution in [0.4, 0.5) is 5.69 Å². The lowest BCUT2D eigenvalue weighted by Crippen LogP contribution is -2.08. The van der Waals surface area contributed by atoms with Crippen molar-refractivity contribution in [3.05, 3.63) is 29.3 Å². The van der Waals surface area contributed by atoms with Crippen LogP contribution in [0.1, 0.15) is 24.0 Å². The molecule has 1 aromatic carbocycles. The number of nitrogen functional groups attached to an aromatic ring is 1. The number of nitrogens with two attached hydrogens (primary N) is 1. The summed E-state index contributed by atoms with van der Waals surface area (Å²) in [6.07, 6.45) is 1.91. The average molecular weight is 160 g/mol. The highest BCUT2D eigenvalue weighted by Gasteiger charge is 2.12. The van der Waals surface area contributed by atoms with Crippen LogP contribution in [0.3, 0.4) is 0 Å². The van der Waals surface area contributed by atoms with Crippen LogP contribution >= 0.6 is 0 Å². The van der Waals surface area contributed by atoms with E-state index in [-0.39, 0.29) is 0 Å². The highest BCUT2D eigenvalue weighted by Crippen LogP contribution is 2.24. The van der Waals surface area contributed by atoms with E-state index in [1.54, 1.807) is 0 Å². The number of hydrogen-bond acceptors (Lipinski definition) is 2. The van der Waals surface area contributed by atoms with Crippen LogP contribution < -0.4 is 5.73 Å². The van der Waals surface area contributed by atoms with Gasteiger partial charge in [0.2, 0.25) is 0 Å². The van der Waals surface area contributed by atoms with Crippen LogP contribution in [0.5, 0.6) is 0 Å². The monoisotopic (exact) mass is 160 g/mol. The van der Waals surface area contributed by atoms with Crippen molar-refractivity contribution in [1.82, 2.24) is 0 Å². The zero-order valence-electron chi connectivity index (χ0n) is 7.12. The van der Waals surface area contributed by atoms with Crippen molar-refractivity contribution in [3.8, 4) is 0 Å². The number of benzene rings is 1. The van der Waals surface area contributed by atoms with E-state index in [2.05, 4.69) is 18.0 Å². The zero-order valence-corrected chi connectivity index (χ0v) is 7.12. The first-order valence-electron chi connectivity index (χ1n) is 4.16. The molecule has 0 spiro atoms. The lowest BCUT2D eigenvalue weighted by atomic mass is 9.94. The summed E-state index contributed by atoms with van der Waals surface area (Å²) in [7, 11) is 0. The second kappa shape index (κ2) is 2.63. The van der Waals surface area contributed by atoms with Gasteiger partial charge in [0.25, 0.3) is 0 Å². The molecule has 1 unspecified atom stereocenters. The molecule has 0 saturated heterocycles. The van der Waals surface area contributed by atoms with Gasteiger partial charge < -0.3 is 5.73 Å². The molecule has 1 heterocycles. The standard InChI is InChI=1S/C10H12N2/c1-7-5-12-6-8-4-9(11)2-3-10(7)8/h2-4,6-7H,5,11H2,1H3. The molecule has 2 rings (SSSR count). The van der Waals surface area contributed by atoms with E-state index in [9.17, 15) is 0 Å². The Bertz CT molecular complexity index is 329. The number of anilines is 1. The van der Waals surface area contributed by atoms with Gasteiger partial charge in [-0.3, -0.25) is 4.99 Å². The van der Waals surface area contributed by atoms with Gasteiger partial charge in [0.15, 0.2) is 0 Å². The normalized spacial score (nSPS) is 20.6. The number of rotatable bonds is 0. The molecular formula is C10H12N2. The Morgan fingerprint density at radius 3 is 3.17 bits per heavy atom. The zero-order chi connectivity index (χ0) is 8.55. The fourth-order valence-corrected chi connectivity index (χ4v) is 1.56. The van der Waals surface area contributed by atoms with E-state index in [0.717, 1.165) is 12.2 Å². The minimum atomic E-state index is 0.533. The molecule has 1 atom stereocenters. The first kappa shape index (κ1) is 7.35. The lowest BCUT2D eigenvalue weighted by molar-refractivity contribution is 0.765. The smallest absolute Gasteiger partial charge is 0.0455 e. The second-order valence-corrected chi connectivity index (χ2v) is 3.28. The predicted octanol–water partition coefficient (Wildman–Crippen LogP) is 1.80. The molecule has 62 valence electrons. The van der Waals surface area contributed by atoms with Gasteiger partial charge in [-0.15, -0.1) is 0 Å². The second-order valence-electron chi connectivity index (χ2n) is 3.28. The van der Waals surface area contributed by atoms with Crippen LogP contribution in [0.15, 0.2) is 23.2 Å². The third kappa shape index (κ3) is 1.09. The van der Waals surface area contributed by atoms with Gasteiger partial charge in [0, 0.05) is 24.4 Å². The molecule has 1 aromatic rings. The molecule has 0 bridgehead atoms.